The Hall–Kier alpha value is -6.78. The third-order valence-corrected chi connectivity index (χ3v) is 11.1. The molecule has 0 N–H and O–H groups in total. The van der Waals surface area contributed by atoms with E-state index in [1.165, 1.54) is 54.8 Å². The smallest absolute Gasteiger partial charge is 0.160 e. The lowest BCUT2D eigenvalue weighted by molar-refractivity contribution is 0.660. The Morgan fingerprint density at radius 1 is 0.472 bits per heavy atom. The molecule has 0 unspecified atom stereocenters. The highest BCUT2D eigenvalue weighted by Gasteiger charge is 2.40. The van der Waals surface area contributed by atoms with Crippen molar-refractivity contribution in [3.05, 3.63) is 175 Å². The van der Waals surface area contributed by atoms with Gasteiger partial charge in [0.15, 0.2) is 5.82 Å². The van der Waals surface area contributed by atoms with E-state index < -0.39 is 0 Å². The van der Waals surface area contributed by atoms with Gasteiger partial charge in [-0.3, -0.25) is 0 Å². The van der Waals surface area contributed by atoms with Crippen molar-refractivity contribution < 1.29 is 4.42 Å². The van der Waals surface area contributed by atoms with Crippen molar-refractivity contribution in [2.75, 3.05) is 0 Å². The van der Waals surface area contributed by atoms with Crippen molar-refractivity contribution in [2.24, 2.45) is 0 Å². The van der Waals surface area contributed by atoms with Gasteiger partial charge in [0, 0.05) is 49.3 Å². The average molecular weight is 680 g/mol. The minimum atomic E-state index is -0.271. The molecule has 4 heteroatoms. The summed E-state index contributed by atoms with van der Waals surface area (Å²) in [6.07, 6.45) is 0. The summed E-state index contributed by atoms with van der Waals surface area (Å²) in [7, 11) is 0. The van der Waals surface area contributed by atoms with Gasteiger partial charge >= 0.3 is 0 Å². The quantitative estimate of drug-likeness (QED) is 0.186. The molecule has 1 aliphatic rings. The molecule has 0 spiro atoms. The van der Waals surface area contributed by atoms with Crippen LogP contribution in [0.4, 0.5) is 0 Å². The van der Waals surface area contributed by atoms with Gasteiger partial charge in [0.1, 0.15) is 11.2 Å². The van der Waals surface area contributed by atoms with E-state index in [-0.39, 0.29) is 5.41 Å². The van der Waals surface area contributed by atoms with Crippen LogP contribution in [-0.4, -0.2) is 14.5 Å². The largest absolute Gasteiger partial charge is 0.456 e. The van der Waals surface area contributed by atoms with Crippen molar-refractivity contribution in [2.45, 2.75) is 19.3 Å². The second-order valence-electron chi connectivity index (χ2n) is 14.6. The summed E-state index contributed by atoms with van der Waals surface area (Å²) < 4.78 is 8.80. The lowest BCUT2D eigenvalue weighted by atomic mass is 9.79. The number of hydrogen-bond donors (Lipinski definition) is 0. The first-order chi connectivity index (χ1) is 26.0. The van der Waals surface area contributed by atoms with E-state index in [1.54, 1.807) is 0 Å². The maximum atomic E-state index is 6.39. The first-order valence-electron chi connectivity index (χ1n) is 18.2. The number of para-hydroxylation sites is 2. The molecule has 4 nitrogen and oxygen atoms in total. The molecule has 0 saturated heterocycles. The number of benzene rings is 7. The van der Waals surface area contributed by atoms with Crippen LogP contribution in [-0.2, 0) is 5.41 Å². The molecule has 250 valence electrons. The van der Waals surface area contributed by atoms with Crippen molar-refractivity contribution in [1.29, 1.82) is 0 Å². The highest BCUT2D eigenvalue weighted by molar-refractivity contribution is 6.17. The molecule has 3 heterocycles. The summed E-state index contributed by atoms with van der Waals surface area (Å²) in [5, 5.41) is 4.92. The summed E-state index contributed by atoms with van der Waals surface area (Å²) in [6.45, 7) is 4.76. The van der Waals surface area contributed by atoms with Gasteiger partial charge in [0.2, 0.25) is 0 Å². The molecule has 0 atom stereocenters. The minimum Gasteiger partial charge on any atom is -0.456 e. The third-order valence-electron chi connectivity index (χ3n) is 11.1. The van der Waals surface area contributed by atoms with Gasteiger partial charge < -0.3 is 8.98 Å². The Kier molecular flexibility index (Phi) is 6.27. The van der Waals surface area contributed by atoms with Crippen molar-refractivity contribution in [1.82, 2.24) is 14.5 Å². The van der Waals surface area contributed by atoms with Crippen molar-refractivity contribution in [3.63, 3.8) is 0 Å². The molecular formula is C49H33N3O. The van der Waals surface area contributed by atoms with Crippen LogP contribution in [0.25, 0.3) is 94.5 Å². The second-order valence-corrected chi connectivity index (χ2v) is 14.6. The normalized spacial score (nSPS) is 13.2. The lowest BCUT2D eigenvalue weighted by Crippen LogP contribution is -2.16. The van der Waals surface area contributed by atoms with Crippen LogP contribution in [0.3, 0.4) is 0 Å². The average Bonchev–Trinajstić information content (AvgIpc) is 3.83. The van der Waals surface area contributed by atoms with Crippen LogP contribution in [0, 0.1) is 0 Å². The highest BCUT2D eigenvalue weighted by Crippen LogP contribution is 2.56. The van der Waals surface area contributed by atoms with Gasteiger partial charge in [-0.05, 0) is 64.7 Å². The molecule has 0 radical (unpaired) electrons. The Labute approximate surface area is 306 Å². The van der Waals surface area contributed by atoms with E-state index in [9.17, 15) is 0 Å². The van der Waals surface area contributed by atoms with Crippen LogP contribution in [0.5, 0.6) is 0 Å². The highest BCUT2D eigenvalue weighted by atomic mass is 16.3. The molecule has 11 rings (SSSR count). The molecule has 10 aromatic rings. The Morgan fingerprint density at radius 2 is 1.08 bits per heavy atom. The zero-order valence-corrected chi connectivity index (χ0v) is 29.3. The topological polar surface area (TPSA) is 43.9 Å². The Bertz CT molecular complexity index is 3020. The number of furan rings is 1. The van der Waals surface area contributed by atoms with Crippen LogP contribution >= 0.6 is 0 Å². The van der Waals surface area contributed by atoms with Gasteiger partial charge in [-0.15, -0.1) is 0 Å². The zero-order chi connectivity index (χ0) is 35.3. The van der Waals surface area contributed by atoms with Gasteiger partial charge in [0.25, 0.3) is 0 Å². The Balaban J connectivity index is 1.13. The Morgan fingerprint density at radius 3 is 1.81 bits per heavy atom. The number of nitrogens with zero attached hydrogens (tertiary/aromatic N) is 3. The van der Waals surface area contributed by atoms with E-state index in [4.69, 9.17) is 14.4 Å². The molecule has 0 amide bonds. The molecule has 7 aromatic carbocycles. The fourth-order valence-corrected chi connectivity index (χ4v) is 8.90. The summed E-state index contributed by atoms with van der Waals surface area (Å²) in [5.41, 5.74) is 15.2. The van der Waals surface area contributed by atoms with Crippen LogP contribution in [0.15, 0.2) is 168 Å². The minimum absolute atomic E-state index is 0.271. The van der Waals surface area contributed by atoms with Crippen LogP contribution in [0.2, 0.25) is 0 Å². The van der Waals surface area contributed by atoms with E-state index in [0.29, 0.717) is 5.82 Å². The number of hydrogen-bond acceptors (Lipinski definition) is 3. The number of fused-ring (bicyclic) bond motifs is 11. The molecule has 3 aromatic heterocycles. The second kappa shape index (κ2) is 11.1. The summed E-state index contributed by atoms with van der Waals surface area (Å²) in [4.78, 5) is 10.3. The first kappa shape index (κ1) is 29.9. The molecular weight excluding hydrogens is 647 g/mol. The van der Waals surface area contributed by atoms with Gasteiger partial charge in [-0.2, -0.15) is 0 Å². The summed E-state index contributed by atoms with van der Waals surface area (Å²) in [6, 6.07) is 57.8. The summed E-state index contributed by atoms with van der Waals surface area (Å²) >= 11 is 0. The van der Waals surface area contributed by atoms with E-state index in [1.807, 2.05) is 18.2 Å². The van der Waals surface area contributed by atoms with Crippen LogP contribution in [0.1, 0.15) is 25.0 Å². The SMILES string of the molecule is CC1(C)c2c(ccc3oc4ccccc4c23)-c2ccc3c(c21)c1ccccc1n3-c1cccc(-c2nc(-c3ccccc3)cc(-c3ccccc3)n2)c1. The predicted molar refractivity (Wildman–Crippen MR) is 218 cm³/mol. The van der Waals surface area contributed by atoms with E-state index in [0.717, 1.165) is 44.9 Å². The fourth-order valence-electron chi connectivity index (χ4n) is 8.90. The molecule has 1 aliphatic carbocycles. The monoisotopic (exact) mass is 679 g/mol. The van der Waals surface area contributed by atoms with Crippen molar-refractivity contribution >= 4 is 43.7 Å². The van der Waals surface area contributed by atoms with E-state index >= 15 is 0 Å². The first-order valence-corrected chi connectivity index (χ1v) is 18.2. The maximum absolute atomic E-state index is 6.39. The predicted octanol–water partition coefficient (Wildman–Crippen LogP) is 12.8. The molecule has 53 heavy (non-hydrogen) atoms. The maximum Gasteiger partial charge on any atom is 0.160 e. The van der Waals surface area contributed by atoms with Gasteiger partial charge in [-0.25, -0.2) is 9.97 Å². The third kappa shape index (κ3) is 4.36. The number of aromatic nitrogens is 3. The van der Waals surface area contributed by atoms with Crippen molar-refractivity contribution in [3.8, 4) is 50.7 Å². The van der Waals surface area contributed by atoms with E-state index in [2.05, 4.69) is 164 Å². The van der Waals surface area contributed by atoms with Crippen LogP contribution < -0.4 is 0 Å². The standard InChI is InChI=1S/C49H33N3O/c1-49(2)46-34(35-25-27-43-45(47(35)49)37-21-10-12-23-42(37)53-43)24-26-41-44(46)36-20-9-11-22-40(36)52(41)33-19-13-18-32(28-33)48-50-38(30-14-5-3-6-15-30)29-39(51-48)31-16-7-4-8-17-31/h3-29H,1-2H3. The number of rotatable bonds is 4. The molecule has 0 bridgehead atoms. The lowest BCUT2D eigenvalue weighted by Gasteiger charge is -2.23. The molecule has 0 aliphatic heterocycles. The summed E-state index contributed by atoms with van der Waals surface area (Å²) in [5.74, 6) is 0.696. The zero-order valence-electron chi connectivity index (χ0n) is 29.3. The van der Waals surface area contributed by atoms with Gasteiger partial charge in [0.05, 0.1) is 22.4 Å². The molecule has 0 saturated carbocycles. The fraction of sp³-hybridized carbons (Fsp3) is 0.0612. The van der Waals surface area contributed by atoms with Gasteiger partial charge in [-0.1, -0.05) is 135 Å². The molecule has 0 fully saturated rings.